The average molecular weight is 705 g/mol. The van der Waals surface area contributed by atoms with Gasteiger partial charge in [-0.15, -0.1) is 46.2 Å². The van der Waals surface area contributed by atoms with Crippen LogP contribution in [0.25, 0.3) is 21.5 Å². The molecule has 43 heavy (non-hydrogen) atoms. The fourth-order valence-corrected chi connectivity index (χ4v) is 5.60. The van der Waals surface area contributed by atoms with Gasteiger partial charge in [0.25, 0.3) is 0 Å². The predicted octanol–water partition coefficient (Wildman–Crippen LogP) is 5.08. The van der Waals surface area contributed by atoms with Gasteiger partial charge in [0, 0.05) is 0 Å². The van der Waals surface area contributed by atoms with E-state index in [0.717, 1.165) is 11.4 Å². The maximum Gasteiger partial charge on any atom is -0.109 e. The van der Waals surface area contributed by atoms with E-state index < -0.39 is 0 Å². The normalized spacial score (nSPS) is 12.0. The van der Waals surface area contributed by atoms with E-state index in [1.54, 1.807) is 0 Å². The summed E-state index contributed by atoms with van der Waals surface area (Å²) in [6, 6.07) is 34.6. The summed E-state index contributed by atoms with van der Waals surface area (Å²) in [4.78, 5) is 0. The molecule has 222 valence electrons. The summed E-state index contributed by atoms with van der Waals surface area (Å²) in [5, 5.41) is 6.27. The maximum absolute atomic E-state index is 5.86. The molecule has 0 spiro atoms. The molecule has 0 saturated heterocycles. The van der Waals surface area contributed by atoms with E-state index in [1.165, 1.54) is 71.2 Å². The summed E-state index contributed by atoms with van der Waals surface area (Å²) < 4.78 is 1.36. The van der Waals surface area contributed by atoms with Gasteiger partial charge in [-0.1, -0.05) is 76.9 Å². The first-order chi connectivity index (χ1) is 19.4. The second-order valence-electron chi connectivity index (χ2n) is 12.5. The topological polar surface area (TPSA) is 0 Å². The summed E-state index contributed by atoms with van der Waals surface area (Å²) in [6.45, 7) is 13.7. The van der Waals surface area contributed by atoms with Crippen molar-refractivity contribution in [1.29, 1.82) is 0 Å². The van der Waals surface area contributed by atoms with Crippen molar-refractivity contribution in [1.82, 2.24) is 0 Å². The molecule has 0 N–H and O–H groups in total. The molecular weight excluding hydrogens is 666 g/mol. The van der Waals surface area contributed by atoms with Gasteiger partial charge in [-0.2, -0.15) is 6.08 Å². The Morgan fingerprint density at radius 2 is 1.19 bits per heavy atom. The van der Waals surface area contributed by atoms with E-state index in [4.69, 9.17) is 11.6 Å². The molecule has 0 amide bonds. The molecule has 0 bridgehead atoms. The second-order valence-corrected chi connectivity index (χ2v) is 14.2. The largest absolute Gasteiger partial charge is 1.00 e. The monoisotopic (exact) mass is 702 g/mol. The number of allylic oxidation sites excluding steroid dienone is 4. The maximum atomic E-state index is 5.86. The standard InChI is InChI=1S/C21H25.C13H9Cl.C5H5.2ClH.Zr/c1-20(2,3)16-9-7-14-11-15-8-10-17(21(4,5)6)13-19(15)18(14)12-16;14-13-8-6-12(7-9-13)10-11-4-2-1-3-5-11;1-2-4-5-3-1;;;/h7-13H,1-6H3;1-9H;1-3H,4H2;2*1H;/q-1;;-1;;;+2/p-2. The molecule has 1 aliphatic rings. The van der Waals surface area contributed by atoms with Crippen molar-refractivity contribution in [3.05, 3.63) is 149 Å². The third-order valence-corrected chi connectivity index (χ3v) is 8.89. The first-order valence-electron chi connectivity index (χ1n) is 14.2. The molecule has 6 rings (SSSR count). The van der Waals surface area contributed by atoms with Crippen LogP contribution >= 0.6 is 11.6 Å². The van der Waals surface area contributed by atoms with Crippen molar-refractivity contribution in [2.75, 3.05) is 0 Å². The van der Waals surface area contributed by atoms with Gasteiger partial charge in [-0.05, 0) is 10.8 Å². The summed E-state index contributed by atoms with van der Waals surface area (Å²) in [5.41, 5.74) is 5.74. The Kier molecular flexibility index (Phi) is 14.0. The number of hydrogen-bond acceptors (Lipinski definition) is 0. The first kappa shape index (κ1) is 37.0. The Morgan fingerprint density at radius 3 is 1.58 bits per heavy atom. The van der Waals surface area contributed by atoms with Crippen LogP contribution in [0.3, 0.4) is 0 Å². The van der Waals surface area contributed by atoms with Crippen molar-refractivity contribution in [2.24, 2.45) is 0 Å². The molecule has 0 nitrogen and oxygen atoms in total. The summed E-state index contributed by atoms with van der Waals surface area (Å²) in [5.74, 6) is 0. The molecule has 4 heteroatoms. The van der Waals surface area contributed by atoms with E-state index in [1.807, 2.05) is 30.4 Å². The van der Waals surface area contributed by atoms with Crippen molar-refractivity contribution < 1.29 is 49.0 Å². The summed E-state index contributed by atoms with van der Waals surface area (Å²) in [7, 11) is 0. The summed E-state index contributed by atoms with van der Waals surface area (Å²) >= 11 is 7.28. The Labute approximate surface area is 290 Å². The molecule has 0 aromatic heterocycles. The minimum Gasteiger partial charge on any atom is -1.00 e. The van der Waals surface area contributed by atoms with Crippen LogP contribution in [-0.2, 0) is 35.1 Å². The first-order valence-corrected chi connectivity index (χ1v) is 15.8. The second kappa shape index (κ2) is 16.2. The number of hydrogen-bond donors (Lipinski definition) is 0. The van der Waals surface area contributed by atoms with Crippen LogP contribution in [-0.4, -0.2) is 3.21 Å². The third kappa shape index (κ3) is 10.2. The van der Waals surface area contributed by atoms with Gasteiger partial charge < -0.3 is 24.8 Å². The van der Waals surface area contributed by atoms with Gasteiger partial charge in [0.1, 0.15) is 0 Å². The van der Waals surface area contributed by atoms with Crippen molar-refractivity contribution in [3.8, 4) is 0 Å². The zero-order valence-electron chi connectivity index (χ0n) is 25.8. The number of halogens is 3. The minimum absolute atomic E-state index is 0. The van der Waals surface area contributed by atoms with Gasteiger partial charge >= 0.3 is 110 Å². The van der Waals surface area contributed by atoms with Crippen molar-refractivity contribution in [3.63, 3.8) is 0 Å². The molecule has 0 heterocycles. The molecule has 0 fully saturated rings. The van der Waals surface area contributed by atoms with Crippen LogP contribution in [0, 0.1) is 6.08 Å². The van der Waals surface area contributed by atoms with E-state index in [-0.39, 0.29) is 35.6 Å². The molecule has 5 aromatic rings. The number of fused-ring (bicyclic) bond motifs is 3. The van der Waals surface area contributed by atoms with Crippen molar-refractivity contribution in [2.45, 2.75) is 58.8 Å². The molecule has 0 unspecified atom stereocenters. The van der Waals surface area contributed by atoms with E-state index >= 15 is 0 Å². The Morgan fingerprint density at radius 1 is 0.698 bits per heavy atom. The SMILES string of the molecule is CC(C)(C)c1ccc2[cH-]c3ccc(C(C)(C)C)cc3c2c1.Clc1ccc([C](=[Zr+2])c2ccccc2)cc1.[C-]1=CC=CC1.[Cl-].[Cl-]. The van der Waals surface area contributed by atoms with Crippen LogP contribution in [0.2, 0.25) is 5.02 Å². The quantitative estimate of drug-likeness (QED) is 0.225. The molecule has 0 radical (unpaired) electrons. The molecule has 5 aromatic carbocycles. The van der Waals surface area contributed by atoms with Crippen LogP contribution in [0.15, 0.2) is 115 Å². The molecule has 1 aliphatic carbocycles. The average Bonchev–Trinajstić information content (AvgIpc) is 3.64. The smallest absolute Gasteiger partial charge is 0.109 e. The van der Waals surface area contributed by atoms with E-state index in [9.17, 15) is 0 Å². The van der Waals surface area contributed by atoms with Gasteiger partial charge in [0.05, 0.1) is 0 Å². The Balaban J connectivity index is 0.000000256. The fourth-order valence-electron chi connectivity index (χ4n) is 4.66. The van der Waals surface area contributed by atoms with Crippen LogP contribution in [0.1, 0.15) is 70.2 Å². The van der Waals surface area contributed by atoms with Gasteiger partial charge in [0.2, 0.25) is 0 Å². The Hall–Kier alpha value is -2.15. The van der Waals surface area contributed by atoms with Crippen LogP contribution < -0.4 is 24.8 Å². The van der Waals surface area contributed by atoms with Crippen LogP contribution in [0.4, 0.5) is 0 Å². The molecular formula is C39H39Cl3Zr-2. The van der Waals surface area contributed by atoms with Gasteiger partial charge in [0.15, 0.2) is 0 Å². The zero-order chi connectivity index (χ0) is 29.6. The summed E-state index contributed by atoms with van der Waals surface area (Å²) in [6.07, 6.45) is 10.0. The third-order valence-electron chi connectivity index (χ3n) is 7.22. The van der Waals surface area contributed by atoms with Gasteiger partial charge in [-0.3, -0.25) is 6.08 Å². The molecule has 0 saturated carbocycles. The van der Waals surface area contributed by atoms with E-state index in [0.29, 0.717) is 0 Å². The van der Waals surface area contributed by atoms with E-state index in [2.05, 4.69) is 133 Å². The molecule has 0 atom stereocenters. The Bertz CT molecular complexity index is 1600. The predicted molar refractivity (Wildman–Crippen MR) is 177 cm³/mol. The minimum atomic E-state index is 0. The van der Waals surface area contributed by atoms with Crippen molar-refractivity contribution >= 4 is 36.4 Å². The number of benzene rings is 4. The van der Waals surface area contributed by atoms with Gasteiger partial charge in [-0.25, -0.2) is 12.2 Å². The zero-order valence-corrected chi connectivity index (χ0v) is 30.5. The fraction of sp³-hybridized carbons (Fsp3) is 0.231. The number of rotatable bonds is 2. The molecule has 0 aliphatic heterocycles. The van der Waals surface area contributed by atoms with Crippen LogP contribution in [0.5, 0.6) is 0 Å².